The van der Waals surface area contributed by atoms with E-state index in [2.05, 4.69) is 5.32 Å². The molecule has 0 bridgehead atoms. The highest BCUT2D eigenvalue weighted by Crippen LogP contribution is 2.38. The van der Waals surface area contributed by atoms with E-state index in [9.17, 15) is 19.7 Å². The van der Waals surface area contributed by atoms with Crippen molar-refractivity contribution in [2.75, 3.05) is 17.3 Å². The van der Waals surface area contributed by atoms with Gasteiger partial charge in [0, 0.05) is 29.9 Å². The number of carbonyl (C=O) groups is 2. The third-order valence-corrected chi connectivity index (χ3v) is 4.87. The van der Waals surface area contributed by atoms with Gasteiger partial charge in [-0.25, -0.2) is 0 Å². The number of para-hydroxylation sites is 2. The number of nitro benzene ring substituents is 1. The Morgan fingerprint density at radius 3 is 2.57 bits per heavy atom. The van der Waals surface area contributed by atoms with Crippen LogP contribution in [-0.2, 0) is 0 Å². The van der Waals surface area contributed by atoms with E-state index in [0.29, 0.717) is 34.0 Å². The zero-order valence-corrected chi connectivity index (χ0v) is 16.2. The number of nitrogens with zero attached hydrogens (tertiary/aromatic N) is 2. The van der Waals surface area contributed by atoms with E-state index in [1.54, 1.807) is 44.3 Å². The molecule has 0 spiro atoms. The number of hydrogen-bond acceptors (Lipinski definition) is 5. The molecule has 1 N–H and O–H groups in total. The molecule has 2 amide bonds. The molecule has 8 heteroatoms. The third kappa shape index (κ3) is 3.35. The number of ether oxygens (including phenoxy) is 1. The van der Waals surface area contributed by atoms with E-state index in [1.807, 2.05) is 12.1 Å². The Kier molecular flexibility index (Phi) is 4.67. The maximum Gasteiger partial charge on any atom is 0.272 e. The second-order valence-corrected chi connectivity index (χ2v) is 6.86. The lowest BCUT2D eigenvalue weighted by molar-refractivity contribution is -0.385. The predicted molar refractivity (Wildman–Crippen MR) is 111 cm³/mol. The minimum atomic E-state index is -0.496. The molecular weight excluding hydrogens is 386 g/mol. The highest BCUT2D eigenvalue weighted by molar-refractivity contribution is 6.11. The molecule has 0 aliphatic carbocycles. The van der Waals surface area contributed by atoms with E-state index >= 15 is 0 Å². The number of hydrogen-bond donors (Lipinski definition) is 1. The fourth-order valence-electron chi connectivity index (χ4n) is 3.30. The van der Waals surface area contributed by atoms with Gasteiger partial charge >= 0.3 is 0 Å². The van der Waals surface area contributed by atoms with Crippen LogP contribution in [0.3, 0.4) is 0 Å². The summed E-state index contributed by atoms with van der Waals surface area (Å²) >= 11 is 0. The lowest BCUT2D eigenvalue weighted by atomic mass is 10.1. The van der Waals surface area contributed by atoms with Crippen molar-refractivity contribution >= 4 is 28.9 Å². The van der Waals surface area contributed by atoms with Gasteiger partial charge in [-0.15, -0.1) is 0 Å². The van der Waals surface area contributed by atoms with E-state index in [-0.39, 0.29) is 17.2 Å². The molecule has 1 aliphatic rings. The summed E-state index contributed by atoms with van der Waals surface area (Å²) in [6, 6.07) is 16.2. The smallest absolute Gasteiger partial charge is 0.272 e. The van der Waals surface area contributed by atoms with Gasteiger partial charge in [0.15, 0.2) is 5.75 Å². The van der Waals surface area contributed by atoms with Crippen LogP contribution >= 0.6 is 0 Å². The van der Waals surface area contributed by atoms with Crippen LogP contribution in [0.15, 0.2) is 60.7 Å². The summed E-state index contributed by atoms with van der Waals surface area (Å²) in [7, 11) is 1.66. The van der Waals surface area contributed by atoms with Crippen molar-refractivity contribution in [3.8, 4) is 11.5 Å². The van der Waals surface area contributed by atoms with Crippen LogP contribution in [-0.4, -0.2) is 23.8 Å². The van der Waals surface area contributed by atoms with Gasteiger partial charge in [0.2, 0.25) is 0 Å². The van der Waals surface area contributed by atoms with E-state index in [0.717, 1.165) is 0 Å². The monoisotopic (exact) mass is 403 g/mol. The number of anilines is 2. The second-order valence-electron chi connectivity index (χ2n) is 6.86. The summed E-state index contributed by atoms with van der Waals surface area (Å²) in [6.45, 7) is 1.57. The van der Waals surface area contributed by atoms with E-state index in [1.165, 1.54) is 23.1 Å². The van der Waals surface area contributed by atoms with Gasteiger partial charge in [-0.05, 0) is 49.4 Å². The molecule has 0 unspecified atom stereocenters. The fourth-order valence-corrected chi connectivity index (χ4v) is 3.30. The Balaban J connectivity index is 1.62. The Hall–Kier alpha value is -4.20. The summed E-state index contributed by atoms with van der Waals surface area (Å²) in [4.78, 5) is 37.5. The number of nitrogens with one attached hydrogen (secondary N) is 1. The van der Waals surface area contributed by atoms with Crippen molar-refractivity contribution in [2.24, 2.45) is 0 Å². The zero-order valence-electron chi connectivity index (χ0n) is 16.2. The van der Waals surface area contributed by atoms with Crippen molar-refractivity contribution in [3.05, 3.63) is 87.5 Å². The molecule has 0 saturated heterocycles. The number of carbonyl (C=O) groups excluding carboxylic acids is 2. The van der Waals surface area contributed by atoms with Crippen LogP contribution in [0.5, 0.6) is 11.5 Å². The van der Waals surface area contributed by atoms with Crippen LogP contribution in [0.2, 0.25) is 0 Å². The van der Waals surface area contributed by atoms with Gasteiger partial charge in [-0.3, -0.25) is 19.7 Å². The molecule has 1 aliphatic heterocycles. The molecule has 150 valence electrons. The van der Waals surface area contributed by atoms with Gasteiger partial charge in [-0.2, -0.15) is 0 Å². The molecule has 1 heterocycles. The number of nitro groups is 1. The second kappa shape index (κ2) is 7.32. The highest BCUT2D eigenvalue weighted by Gasteiger charge is 2.26. The number of aryl methyl sites for hydroxylation is 1. The summed E-state index contributed by atoms with van der Waals surface area (Å²) in [5.74, 6) is 0.245. The van der Waals surface area contributed by atoms with Crippen molar-refractivity contribution in [1.82, 2.24) is 0 Å². The SMILES string of the molecule is Cc1cc(C(=O)Nc2ccc3c(c2)C(=O)N(C)c2ccccc2O3)ccc1[N+](=O)[O-]. The number of fused-ring (bicyclic) bond motifs is 2. The van der Waals surface area contributed by atoms with Crippen molar-refractivity contribution in [2.45, 2.75) is 6.92 Å². The van der Waals surface area contributed by atoms with Gasteiger partial charge in [0.05, 0.1) is 16.2 Å². The van der Waals surface area contributed by atoms with E-state index in [4.69, 9.17) is 4.74 Å². The molecule has 0 radical (unpaired) electrons. The first kappa shape index (κ1) is 19.1. The van der Waals surface area contributed by atoms with Crippen molar-refractivity contribution in [1.29, 1.82) is 0 Å². The molecule has 0 saturated carbocycles. The Morgan fingerprint density at radius 1 is 1.07 bits per heavy atom. The number of rotatable bonds is 3. The van der Waals surface area contributed by atoms with Gasteiger partial charge in [0.1, 0.15) is 5.75 Å². The molecule has 3 aromatic rings. The molecule has 3 aromatic carbocycles. The maximum absolute atomic E-state index is 12.9. The Morgan fingerprint density at radius 2 is 1.83 bits per heavy atom. The van der Waals surface area contributed by atoms with Crippen LogP contribution < -0.4 is 15.0 Å². The minimum Gasteiger partial charge on any atom is -0.454 e. The van der Waals surface area contributed by atoms with Crippen molar-refractivity contribution in [3.63, 3.8) is 0 Å². The molecule has 8 nitrogen and oxygen atoms in total. The van der Waals surface area contributed by atoms with Gasteiger partial charge in [-0.1, -0.05) is 12.1 Å². The van der Waals surface area contributed by atoms with Gasteiger partial charge < -0.3 is 15.0 Å². The maximum atomic E-state index is 12.9. The average molecular weight is 403 g/mol. The standard InChI is InChI=1S/C22H17N3O5/c1-13-11-14(7-9-17(13)25(28)29)21(26)23-15-8-10-19-16(12-15)22(27)24(2)18-5-3-4-6-20(18)30-19/h3-12H,1-2H3,(H,23,26). The minimum absolute atomic E-state index is 0.0538. The van der Waals surface area contributed by atoms with Crippen molar-refractivity contribution < 1.29 is 19.2 Å². The van der Waals surface area contributed by atoms with Crippen LogP contribution in [0.1, 0.15) is 26.3 Å². The Labute approximate surface area is 171 Å². The lowest BCUT2D eigenvalue weighted by Gasteiger charge is -2.16. The molecular formula is C22H17N3O5. The Bertz CT molecular complexity index is 1210. The quantitative estimate of drug-likeness (QED) is 0.511. The number of benzene rings is 3. The first-order valence-corrected chi connectivity index (χ1v) is 9.10. The highest BCUT2D eigenvalue weighted by atomic mass is 16.6. The third-order valence-electron chi connectivity index (χ3n) is 4.87. The number of amides is 2. The largest absolute Gasteiger partial charge is 0.454 e. The molecule has 0 fully saturated rings. The first-order chi connectivity index (χ1) is 14.3. The molecule has 0 aromatic heterocycles. The van der Waals surface area contributed by atoms with Crippen LogP contribution in [0, 0.1) is 17.0 Å². The summed E-state index contributed by atoms with van der Waals surface area (Å²) in [5, 5.41) is 13.7. The van der Waals surface area contributed by atoms with E-state index < -0.39 is 10.8 Å². The first-order valence-electron chi connectivity index (χ1n) is 9.10. The normalized spacial score (nSPS) is 12.3. The van der Waals surface area contributed by atoms with Gasteiger partial charge in [0.25, 0.3) is 17.5 Å². The lowest BCUT2D eigenvalue weighted by Crippen LogP contribution is -2.25. The summed E-state index contributed by atoms with van der Waals surface area (Å²) in [6.07, 6.45) is 0. The summed E-state index contributed by atoms with van der Waals surface area (Å²) < 4.78 is 5.90. The summed E-state index contributed by atoms with van der Waals surface area (Å²) in [5.41, 5.74) is 1.97. The molecule has 4 rings (SSSR count). The van der Waals surface area contributed by atoms with Crippen LogP contribution in [0.4, 0.5) is 17.1 Å². The molecule has 0 atom stereocenters. The van der Waals surface area contributed by atoms with Crippen LogP contribution in [0.25, 0.3) is 0 Å². The predicted octanol–water partition coefficient (Wildman–Crippen LogP) is 4.54. The molecule has 30 heavy (non-hydrogen) atoms. The zero-order chi connectivity index (χ0) is 21.4. The topological polar surface area (TPSA) is 102 Å². The average Bonchev–Trinajstić information content (AvgIpc) is 2.83. The fraction of sp³-hybridized carbons (Fsp3) is 0.0909.